The van der Waals surface area contributed by atoms with Gasteiger partial charge in [0.15, 0.2) is 17.3 Å². The lowest BCUT2D eigenvalue weighted by Gasteiger charge is -2.23. The van der Waals surface area contributed by atoms with Crippen molar-refractivity contribution in [3.63, 3.8) is 0 Å². The van der Waals surface area contributed by atoms with Crippen LogP contribution < -0.4 is 20.1 Å². The molecule has 2 aromatic rings. The number of carbonyl (C=O) groups is 3. The second-order valence-corrected chi connectivity index (χ2v) is 11.6. The highest BCUT2D eigenvalue weighted by atomic mass is 32.2. The largest absolute Gasteiger partial charge is 0.454 e. The summed E-state index contributed by atoms with van der Waals surface area (Å²) in [6.07, 6.45) is 0.897. The van der Waals surface area contributed by atoms with Crippen molar-refractivity contribution in [2.45, 2.75) is 50.1 Å². The number of sulfonamides is 1. The van der Waals surface area contributed by atoms with Gasteiger partial charge >= 0.3 is 0 Å². The Hall–Kier alpha value is -3.51. The molecule has 1 fully saturated rings. The van der Waals surface area contributed by atoms with Crippen LogP contribution in [0.5, 0.6) is 11.5 Å². The molecule has 0 aromatic heterocycles. The van der Waals surface area contributed by atoms with E-state index in [0.29, 0.717) is 29.9 Å². The summed E-state index contributed by atoms with van der Waals surface area (Å²) in [5, 5.41) is 5.45. The predicted octanol–water partition coefficient (Wildman–Crippen LogP) is 2.24. The van der Waals surface area contributed by atoms with Gasteiger partial charge in [0.2, 0.25) is 22.7 Å². The molecule has 2 amide bonds. The number of benzene rings is 2. The van der Waals surface area contributed by atoms with Crippen LogP contribution in [0.1, 0.15) is 43.5 Å². The number of rotatable bonds is 8. The molecule has 38 heavy (non-hydrogen) atoms. The highest BCUT2D eigenvalue weighted by Gasteiger charge is 2.34. The predicted molar refractivity (Wildman–Crippen MR) is 135 cm³/mol. The molecule has 2 aliphatic rings. The lowest BCUT2D eigenvalue weighted by molar-refractivity contribution is -0.129. The summed E-state index contributed by atoms with van der Waals surface area (Å²) in [4.78, 5) is 39.0. The minimum absolute atomic E-state index is 0.0592. The number of hydrogen-bond donors (Lipinski definition) is 2. The Bertz CT molecular complexity index is 1310. The molecular formula is C26H30FN3O7S. The molecular weight excluding hydrogens is 517 g/mol. The van der Waals surface area contributed by atoms with Gasteiger partial charge < -0.3 is 20.1 Å². The van der Waals surface area contributed by atoms with Crippen LogP contribution in [0.3, 0.4) is 0 Å². The zero-order valence-corrected chi connectivity index (χ0v) is 21.9. The summed E-state index contributed by atoms with van der Waals surface area (Å²) in [5.41, 5.74) is 0.294. The van der Waals surface area contributed by atoms with E-state index < -0.39 is 52.1 Å². The van der Waals surface area contributed by atoms with Gasteiger partial charge in [0.05, 0.1) is 17.5 Å². The zero-order valence-electron chi connectivity index (χ0n) is 21.1. The number of fused-ring (bicyclic) bond motifs is 1. The maximum absolute atomic E-state index is 13.2. The second-order valence-electron chi connectivity index (χ2n) is 9.69. The molecule has 2 aliphatic heterocycles. The SMILES string of the molecule is CC(C)CC(NC(=O)c1ccc2c(c1)OCO2)C(=O)N[C@H]1CCCN(S(=O)(=O)c2ccc(F)cc2)CC1=O. The van der Waals surface area contributed by atoms with Gasteiger partial charge in [0, 0.05) is 12.1 Å². The second kappa shape index (κ2) is 11.5. The normalized spacial score (nSPS) is 18.6. The molecule has 1 unspecified atom stereocenters. The number of halogens is 1. The molecule has 12 heteroatoms. The van der Waals surface area contributed by atoms with Gasteiger partial charge in [0.25, 0.3) is 5.91 Å². The average Bonchev–Trinajstić information content (AvgIpc) is 3.26. The van der Waals surface area contributed by atoms with Crippen LogP contribution in [0.25, 0.3) is 0 Å². The van der Waals surface area contributed by atoms with E-state index in [4.69, 9.17) is 9.47 Å². The van der Waals surface area contributed by atoms with Crippen molar-refractivity contribution < 1.29 is 36.7 Å². The number of carbonyl (C=O) groups excluding carboxylic acids is 3. The average molecular weight is 548 g/mol. The van der Waals surface area contributed by atoms with Gasteiger partial charge in [-0.05, 0) is 67.6 Å². The van der Waals surface area contributed by atoms with Gasteiger partial charge in [-0.1, -0.05) is 13.8 Å². The quantitative estimate of drug-likeness (QED) is 0.518. The van der Waals surface area contributed by atoms with Crippen molar-refractivity contribution in [1.82, 2.24) is 14.9 Å². The van der Waals surface area contributed by atoms with Crippen LogP contribution in [-0.2, 0) is 19.6 Å². The van der Waals surface area contributed by atoms with Crippen molar-refractivity contribution >= 4 is 27.6 Å². The monoisotopic (exact) mass is 547 g/mol. The number of ketones is 1. The van der Waals surface area contributed by atoms with Crippen LogP contribution in [-0.4, -0.2) is 62.3 Å². The third kappa shape index (κ3) is 6.30. The third-order valence-corrected chi connectivity index (χ3v) is 8.21. The standard InChI is InChI=1S/C26H30FN3O7S/c1-16(2)12-21(29-25(32)17-5-10-23-24(13-17)37-15-36-23)26(33)28-20-4-3-11-30(14-22(20)31)38(34,35)19-8-6-18(27)7-9-19/h5-10,13,16,20-21H,3-4,11-12,14-15H2,1-2H3,(H,28,33)(H,29,32)/t20-,21?/m0/s1. The topological polar surface area (TPSA) is 131 Å². The summed E-state index contributed by atoms with van der Waals surface area (Å²) in [5.74, 6) is -1.02. The van der Waals surface area contributed by atoms with Crippen LogP contribution in [0, 0.1) is 11.7 Å². The minimum Gasteiger partial charge on any atom is -0.454 e. The van der Waals surface area contributed by atoms with Crippen molar-refractivity contribution in [3.8, 4) is 11.5 Å². The highest BCUT2D eigenvalue weighted by molar-refractivity contribution is 7.89. The van der Waals surface area contributed by atoms with Crippen LogP contribution in [0.4, 0.5) is 4.39 Å². The number of nitrogens with one attached hydrogen (secondary N) is 2. The number of amides is 2. The summed E-state index contributed by atoms with van der Waals surface area (Å²) >= 11 is 0. The van der Waals surface area contributed by atoms with E-state index in [1.54, 1.807) is 12.1 Å². The molecule has 10 nitrogen and oxygen atoms in total. The fraction of sp³-hybridized carbons (Fsp3) is 0.423. The lowest BCUT2D eigenvalue weighted by Crippen LogP contribution is -2.52. The Morgan fingerprint density at radius 1 is 1.11 bits per heavy atom. The summed E-state index contributed by atoms with van der Waals surface area (Å²) < 4.78 is 50.8. The van der Waals surface area contributed by atoms with Crippen LogP contribution in [0.15, 0.2) is 47.4 Å². The number of Topliss-reactive ketones (excluding diaryl/α,β-unsaturated/α-hetero) is 1. The number of ether oxygens (including phenoxy) is 2. The van der Waals surface area contributed by atoms with Crippen molar-refractivity contribution in [1.29, 1.82) is 0 Å². The molecule has 4 rings (SSSR count). The maximum atomic E-state index is 13.2. The molecule has 1 saturated heterocycles. The highest BCUT2D eigenvalue weighted by Crippen LogP contribution is 2.32. The molecule has 2 aromatic carbocycles. The van der Waals surface area contributed by atoms with Crippen molar-refractivity contribution in [3.05, 3.63) is 53.8 Å². The molecule has 204 valence electrons. The Kier molecular flexibility index (Phi) is 8.32. The lowest BCUT2D eigenvalue weighted by atomic mass is 10.0. The Morgan fingerprint density at radius 2 is 1.82 bits per heavy atom. The van der Waals surface area contributed by atoms with Crippen LogP contribution in [0.2, 0.25) is 0 Å². The van der Waals surface area contributed by atoms with E-state index in [9.17, 15) is 27.2 Å². The fourth-order valence-electron chi connectivity index (χ4n) is 4.36. The van der Waals surface area contributed by atoms with Gasteiger partial charge in [-0.3, -0.25) is 14.4 Å². The van der Waals surface area contributed by atoms with E-state index in [1.807, 2.05) is 13.8 Å². The van der Waals surface area contributed by atoms with Gasteiger partial charge in [-0.15, -0.1) is 0 Å². The van der Waals surface area contributed by atoms with E-state index in [0.717, 1.165) is 28.6 Å². The molecule has 2 atom stereocenters. The van der Waals surface area contributed by atoms with Gasteiger partial charge in [0.1, 0.15) is 11.9 Å². The summed E-state index contributed by atoms with van der Waals surface area (Å²) in [7, 11) is -4.01. The molecule has 0 aliphatic carbocycles. The first-order valence-corrected chi connectivity index (χ1v) is 13.8. The van der Waals surface area contributed by atoms with Crippen molar-refractivity contribution in [2.24, 2.45) is 5.92 Å². The Morgan fingerprint density at radius 3 is 2.53 bits per heavy atom. The number of nitrogens with zero attached hydrogens (tertiary/aromatic N) is 1. The van der Waals surface area contributed by atoms with E-state index in [1.165, 1.54) is 6.07 Å². The minimum atomic E-state index is -4.01. The molecule has 2 N–H and O–H groups in total. The van der Waals surface area contributed by atoms with E-state index in [2.05, 4.69) is 10.6 Å². The zero-order chi connectivity index (χ0) is 27.4. The molecule has 2 heterocycles. The van der Waals surface area contributed by atoms with Gasteiger partial charge in [-0.2, -0.15) is 4.31 Å². The first kappa shape index (κ1) is 27.5. The van der Waals surface area contributed by atoms with Crippen molar-refractivity contribution in [2.75, 3.05) is 19.9 Å². The van der Waals surface area contributed by atoms with E-state index >= 15 is 0 Å². The summed E-state index contributed by atoms with van der Waals surface area (Å²) in [6, 6.07) is 7.29. The molecule has 0 bridgehead atoms. The third-order valence-electron chi connectivity index (χ3n) is 6.35. The maximum Gasteiger partial charge on any atom is 0.252 e. The smallest absolute Gasteiger partial charge is 0.252 e. The summed E-state index contributed by atoms with van der Waals surface area (Å²) in [6.45, 7) is 3.53. The Balaban J connectivity index is 1.42. The van der Waals surface area contributed by atoms with Gasteiger partial charge in [-0.25, -0.2) is 12.8 Å². The molecule has 0 radical (unpaired) electrons. The first-order valence-electron chi connectivity index (χ1n) is 12.3. The van der Waals surface area contributed by atoms with Crippen LogP contribution >= 0.6 is 0 Å². The fourth-order valence-corrected chi connectivity index (χ4v) is 5.81. The molecule has 0 spiro atoms. The Labute approximate surface area is 220 Å². The number of hydrogen-bond acceptors (Lipinski definition) is 7. The molecule has 0 saturated carbocycles. The first-order chi connectivity index (χ1) is 18.0. The van der Waals surface area contributed by atoms with E-state index in [-0.39, 0.29) is 30.6 Å².